The number of hydrogen-bond donors (Lipinski definition) is 0. The van der Waals surface area contributed by atoms with Crippen LogP contribution < -0.4 is 5.56 Å². The van der Waals surface area contributed by atoms with Gasteiger partial charge in [0.2, 0.25) is 0 Å². The molecule has 0 spiro atoms. The molecule has 1 aromatic rings. The highest BCUT2D eigenvalue weighted by atomic mass is 16.5. The molecule has 0 aliphatic rings. The number of pyridine rings is 1. The fourth-order valence-corrected chi connectivity index (χ4v) is 1.39. The highest BCUT2D eigenvalue weighted by molar-refractivity contribution is 5.69. The molecule has 0 unspecified atom stereocenters. The molecule has 0 aliphatic heterocycles. The molecule has 18 heavy (non-hydrogen) atoms. The minimum atomic E-state index is -0.469. The molecule has 1 aromatic heterocycles. The SMILES string of the molecule is Cc1ccc(C#N)c(=O)n1CC(=O)OCC(C)C. The Morgan fingerprint density at radius 2 is 2.17 bits per heavy atom. The fourth-order valence-electron chi connectivity index (χ4n) is 1.39. The highest BCUT2D eigenvalue weighted by Gasteiger charge is 2.11. The lowest BCUT2D eigenvalue weighted by molar-refractivity contribution is -0.145. The van der Waals surface area contributed by atoms with Gasteiger partial charge in [-0.25, -0.2) is 0 Å². The smallest absolute Gasteiger partial charge is 0.326 e. The van der Waals surface area contributed by atoms with Crippen molar-refractivity contribution < 1.29 is 9.53 Å². The molecule has 1 rings (SSSR count). The van der Waals surface area contributed by atoms with Crippen molar-refractivity contribution >= 4 is 5.97 Å². The summed E-state index contributed by atoms with van der Waals surface area (Å²) in [5.41, 5.74) is 0.191. The summed E-state index contributed by atoms with van der Waals surface area (Å²) < 4.78 is 6.26. The van der Waals surface area contributed by atoms with E-state index in [1.54, 1.807) is 19.1 Å². The molecule has 0 atom stereocenters. The van der Waals surface area contributed by atoms with Crippen molar-refractivity contribution in [3.8, 4) is 6.07 Å². The summed E-state index contributed by atoms with van der Waals surface area (Å²) in [5, 5.41) is 8.76. The second kappa shape index (κ2) is 6.01. The van der Waals surface area contributed by atoms with Crippen LogP contribution in [0.2, 0.25) is 0 Å². The average Bonchev–Trinajstić information content (AvgIpc) is 2.32. The Balaban J connectivity index is 2.88. The van der Waals surface area contributed by atoms with Crippen LogP contribution in [0.1, 0.15) is 25.1 Å². The minimum Gasteiger partial charge on any atom is -0.464 e. The van der Waals surface area contributed by atoms with E-state index >= 15 is 0 Å². The largest absolute Gasteiger partial charge is 0.464 e. The molecule has 96 valence electrons. The number of ether oxygens (including phenoxy) is 1. The Bertz CT molecular complexity index is 538. The summed E-state index contributed by atoms with van der Waals surface area (Å²) in [6.07, 6.45) is 0. The summed E-state index contributed by atoms with van der Waals surface area (Å²) in [6, 6.07) is 4.89. The third-order valence-electron chi connectivity index (χ3n) is 2.38. The van der Waals surface area contributed by atoms with Gasteiger partial charge in [0.15, 0.2) is 0 Å². The van der Waals surface area contributed by atoms with Crippen LogP contribution in [-0.2, 0) is 16.1 Å². The molecule has 0 saturated carbocycles. The van der Waals surface area contributed by atoms with Gasteiger partial charge in [-0.15, -0.1) is 0 Å². The van der Waals surface area contributed by atoms with Crippen molar-refractivity contribution in [2.24, 2.45) is 5.92 Å². The van der Waals surface area contributed by atoms with Crippen molar-refractivity contribution in [1.29, 1.82) is 5.26 Å². The predicted molar refractivity (Wildman–Crippen MR) is 66.0 cm³/mol. The Morgan fingerprint density at radius 3 is 2.72 bits per heavy atom. The van der Waals surface area contributed by atoms with Crippen LogP contribution >= 0.6 is 0 Å². The van der Waals surface area contributed by atoms with Gasteiger partial charge >= 0.3 is 5.97 Å². The second-order valence-electron chi connectivity index (χ2n) is 4.47. The fraction of sp³-hybridized carbons (Fsp3) is 0.462. The summed E-state index contributed by atoms with van der Waals surface area (Å²) in [5.74, 6) is -0.221. The van der Waals surface area contributed by atoms with Crippen molar-refractivity contribution in [2.45, 2.75) is 27.3 Å². The van der Waals surface area contributed by atoms with Crippen LogP contribution in [0, 0.1) is 24.2 Å². The van der Waals surface area contributed by atoms with Crippen molar-refractivity contribution in [3.63, 3.8) is 0 Å². The van der Waals surface area contributed by atoms with Crippen molar-refractivity contribution in [2.75, 3.05) is 6.61 Å². The maximum absolute atomic E-state index is 11.8. The van der Waals surface area contributed by atoms with Crippen LogP contribution in [0.4, 0.5) is 0 Å². The van der Waals surface area contributed by atoms with Gasteiger partial charge in [0.1, 0.15) is 18.2 Å². The number of esters is 1. The third-order valence-corrected chi connectivity index (χ3v) is 2.38. The lowest BCUT2D eigenvalue weighted by Crippen LogP contribution is -2.29. The molecular weight excluding hydrogens is 232 g/mol. The summed E-state index contributed by atoms with van der Waals surface area (Å²) in [7, 11) is 0. The number of carbonyl (C=O) groups excluding carboxylic acids is 1. The van der Waals surface area contributed by atoms with Gasteiger partial charge in [-0.1, -0.05) is 13.8 Å². The van der Waals surface area contributed by atoms with Crippen molar-refractivity contribution in [3.05, 3.63) is 33.7 Å². The molecule has 0 N–H and O–H groups in total. The monoisotopic (exact) mass is 248 g/mol. The third kappa shape index (κ3) is 3.45. The molecule has 0 fully saturated rings. The number of rotatable bonds is 4. The number of aromatic nitrogens is 1. The van der Waals surface area contributed by atoms with Gasteiger partial charge < -0.3 is 9.30 Å². The lowest BCUT2D eigenvalue weighted by atomic mass is 10.2. The Kier molecular flexibility index (Phi) is 4.67. The Morgan fingerprint density at radius 1 is 1.50 bits per heavy atom. The zero-order valence-corrected chi connectivity index (χ0v) is 10.8. The first-order chi connectivity index (χ1) is 8.45. The first-order valence-corrected chi connectivity index (χ1v) is 5.72. The predicted octanol–water partition coefficient (Wildman–Crippen LogP) is 1.23. The van der Waals surface area contributed by atoms with Crippen LogP contribution in [0.3, 0.4) is 0 Å². The number of aryl methyl sites for hydroxylation is 1. The van der Waals surface area contributed by atoms with Crippen LogP contribution in [-0.4, -0.2) is 17.1 Å². The van der Waals surface area contributed by atoms with E-state index in [0.717, 1.165) is 0 Å². The summed E-state index contributed by atoms with van der Waals surface area (Å²) >= 11 is 0. The Labute approximate surface area is 106 Å². The van der Waals surface area contributed by atoms with Crippen LogP contribution in [0.15, 0.2) is 16.9 Å². The topological polar surface area (TPSA) is 72.1 Å². The van der Waals surface area contributed by atoms with Gasteiger partial charge in [0.05, 0.1) is 6.61 Å². The van der Waals surface area contributed by atoms with Crippen molar-refractivity contribution in [1.82, 2.24) is 4.57 Å². The van der Waals surface area contributed by atoms with Gasteiger partial charge in [0, 0.05) is 5.69 Å². The molecule has 0 bridgehead atoms. The molecule has 0 radical (unpaired) electrons. The number of hydrogen-bond acceptors (Lipinski definition) is 4. The van der Waals surface area contributed by atoms with E-state index in [1.165, 1.54) is 10.6 Å². The zero-order valence-electron chi connectivity index (χ0n) is 10.8. The molecule has 5 nitrogen and oxygen atoms in total. The normalized spacial score (nSPS) is 10.2. The Hall–Kier alpha value is -2.09. The minimum absolute atomic E-state index is 0.0252. The molecule has 0 aromatic carbocycles. The second-order valence-corrected chi connectivity index (χ2v) is 4.47. The molecule has 0 amide bonds. The standard InChI is InChI=1S/C13H16N2O3/c1-9(2)8-18-12(16)7-15-10(3)4-5-11(6-14)13(15)17/h4-5,9H,7-8H2,1-3H3. The quantitative estimate of drug-likeness (QED) is 0.751. The summed E-state index contributed by atoms with van der Waals surface area (Å²) in [6.45, 7) is 5.73. The van der Waals surface area contributed by atoms with E-state index in [0.29, 0.717) is 12.3 Å². The van der Waals surface area contributed by atoms with E-state index < -0.39 is 11.5 Å². The zero-order chi connectivity index (χ0) is 13.7. The first-order valence-electron chi connectivity index (χ1n) is 5.72. The highest BCUT2D eigenvalue weighted by Crippen LogP contribution is 1.99. The number of carbonyl (C=O) groups is 1. The average molecular weight is 248 g/mol. The van der Waals surface area contributed by atoms with Gasteiger partial charge in [0.25, 0.3) is 5.56 Å². The molecule has 5 heteroatoms. The van der Waals surface area contributed by atoms with Crippen LogP contribution in [0.5, 0.6) is 0 Å². The van der Waals surface area contributed by atoms with E-state index in [9.17, 15) is 9.59 Å². The van der Waals surface area contributed by atoms with Gasteiger partial charge in [-0.3, -0.25) is 9.59 Å². The molecule has 1 heterocycles. The molecular formula is C13H16N2O3. The van der Waals surface area contributed by atoms with E-state index in [2.05, 4.69) is 0 Å². The van der Waals surface area contributed by atoms with Crippen LogP contribution in [0.25, 0.3) is 0 Å². The number of nitriles is 1. The van der Waals surface area contributed by atoms with E-state index in [-0.39, 0.29) is 18.0 Å². The maximum atomic E-state index is 11.8. The van der Waals surface area contributed by atoms with Gasteiger partial charge in [-0.2, -0.15) is 5.26 Å². The maximum Gasteiger partial charge on any atom is 0.326 e. The van der Waals surface area contributed by atoms with E-state index in [1.807, 2.05) is 13.8 Å². The molecule has 0 saturated heterocycles. The molecule has 0 aliphatic carbocycles. The van der Waals surface area contributed by atoms with Gasteiger partial charge in [-0.05, 0) is 25.0 Å². The number of nitrogens with zero attached hydrogens (tertiary/aromatic N) is 2. The van der Waals surface area contributed by atoms with E-state index in [4.69, 9.17) is 10.00 Å². The lowest BCUT2D eigenvalue weighted by Gasteiger charge is -2.11. The first kappa shape index (κ1) is 14.0. The summed E-state index contributed by atoms with van der Waals surface area (Å²) in [4.78, 5) is 23.4.